The predicted octanol–water partition coefficient (Wildman–Crippen LogP) is 2.64. The van der Waals surface area contributed by atoms with Crippen LogP contribution in [0.1, 0.15) is 41.6 Å². The Morgan fingerprint density at radius 3 is 2.67 bits per heavy atom. The van der Waals surface area contributed by atoms with Gasteiger partial charge in [-0.15, -0.1) is 0 Å². The summed E-state index contributed by atoms with van der Waals surface area (Å²) in [5.74, 6) is 0.0231. The minimum atomic E-state index is 0.0231. The molecule has 0 saturated heterocycles. The number of hydrogen-bond donors (Lipinski definition) is 2. The molecule has 21 heavy (non-hydrogen) atoms. The van der Waals surface area contributed by atoms with Crippen LogP contribution in [-0.2, 0) is 0 Å². The fourth-order valence-corrected chi connectivity index (χ4v) is 3.04. The molecule has 0 heterocycles. The van der Waals surface area contributed by atoms with Crippen LogP contribution in [0.3, 0.4) is 0 Å². The van der Waals surface area contributed by atoms with Gasteiger partial charge >= 0.3 is 0 Å². The Bertz CT molecular complexity index is 481. The first-order valence-corrected chi connectivity index (χ1v) is 7.88. The number of carbonyl (C=O) groups is 1. The first-order valence-electron chi connectivity index (χ1n) is 7.88. The lowest BCUT2D eigenvalue weighted by Gasteiger charge is -2.24. The highest BCUT2D eigenvalue weighted by Crippen LogP contribution is 2.21. The summed E-state index contributed by atoms with van der Waals surface area (Å²) in [6.07, 6.45) is 5.29. The van der Waals surface area contributed by atoms with Crippen molar-refractivity contribution in [3.63, 3.8) is 0 Å². The number of amides is 1. The maximum Gasteiger partial charge on any atom is 0.251 e. The van der Waals surface area contributed by atoms with Gasteiger partial charge in [0, 0.05) is 37.4 Å². The van der Waals surface area contributed by atoms with E-state index in [1.807, 2.05) is 32.2 Å². The molecular formula is C17H27N3O. The van der Waals surface area contributed by atoms with Crippen LogP contribution < -0.4 is 10.6 Å². The van der Waals surface area contributed by atoms with Crippen molar-refractivity contribution in [3.05, 3.63) is 29.3 Å². The van der Waals surface area contributed by atoms with E-state index in [0.29, 0.717) is 12.6 Å². The lowest BCUT2D eigenvalue weighted by Crippen LogP contribution is -2.37. The van der Waals surface area contributed by atoms with Crippen LogP contribution in [0.4, 0.5) is 5.69 Å². The van der Waals surface area contributed by atoms with Crippen molar-refractivity contribution in [1.82, 2.24) is 10.2 Å². The van der Waals surface area contributed by atoms with Gasteiger partial charge in [0.05, 0.1) is 0 Å². The van der Waals surface area contributed by atoms with E-state index in [1.165, 1.54) is 25.7 Å². The normalized spacial score (nSPS) is 15.4. The number of anilines is 1. The fraction of sp³-hybridized carbons (Fsp3) is 0.588. The minimum Gasteiger partial charge on any atom is -0.388 e. The fourth-order valence-electron chi connectivity index (χ4n) is 3.04. The average Bonchev–Trinajstić information content (AvgIpc) is 3.01. The maximum absolute atomic E-state index is 12.2. The monoisotopic (exact) mass is 289 g/mol. The number of nitrogens with one attached hydrogen (secondary N) is 2. The van der Waals surface area contributed by atoms with Crippen molar-refractivity contribution >= 4 is 11.6 Å². The smallest absolute Gasteiger partial charge is 0.251 e. The quantitative estimate of drug-likeness (QED) is 0.846. The number of rotatable bonds is 6. The zero-order chi connectivity index (χ0) is 15.2. The largest absolute Gasteiger partial charge is 0.388 e. The highest BCUT2D eigenvalue weighted by Gasteiger charge is 2.19. The first kappa shape index (κ1) is 15.8. The van der Waals surface area contributed by atoms with E-state index in [1.54, 1.807) is 0 Å². The maximum atomic E-state index is 12.2. The molecule has 0 unspecified atom stereocenters. The van der Waals surface area contributed by atoms with Crippen LogP contribution in [0.5, 0.6) is 0 Å². The number of nitrogens with zero attached hydrogens (tertiary/aromatic N) is 1. The molecule has 2 N–H and O–H groups in total. The number of benzene rings is 1. The third-order valence-electron chi connectivity index (χ3n) is 4.46. The third kappa shape index (κ3) is 4.21. The first-order chi connectivity index (χ1) is 10.1. The van der Waals surface area contributed by atoms with E-state index in [4.69, 9.17) is 0 Å². The van der Waals surface area contributed by atoms with Crippen molar-refractivity contribution in [2.75, 3.05) is 32.5 Å². The lowest BCUT2D eigenvalue weighted by molar-refractivity contribution is 0.0946. The Labute approximate surface area is 127 Å². The number of hydrogen-bond acceptors (Lipinski definition) is 3. The van der Waals surface area contributed by atoms with E-state index in [0.717, 1.165) is 23.4 Å². The van der Waals surface area contributed by atoms with Gasteiger partial charge in [-0.2, -0.15) is 0 Å². The Morgan fingerprint density at radius 1 is 1.33 bits per heavy atom. The highest BCUT2D eigenvalue weighted by molar-refractivity contribution is 5.96. The van der Waals surface area contributed by atoms with Crippen LogP contribution in [0.15, 0.2) is 18.2 Å². The number of aryl methyl sites for hydroxylation is 1. The Morgan fingerprint density at radius 2 is 2.05 bits per heavy atom. The van der Waals surface area contributed by atoms with Gasteiger partial charge in [0.1, 0.15) is 0 Å². The molecule has 1 aromatic carbocycles. The topological polar surface area (TPSA) is 44.4 Å². The molecule has 1 aliphatic carbocycles. The molecule has 1 fully saturated rings. The van der Waals surface area contributed by atoms with Gasteiger partial charge in [-0.25, -0.2) is 0 Å². The molecule has 0 bridgehead atoms. The second-order valence-corrected chi connectivity index (χ2v) is 5.95. The summed E-state index contributed by atoms with van der Waals surface area (Å²) >= 11 is 0. The summed E-state index contributed by atoms with van der Waals surface area (Å²) in [6, 6.07) is 6.53. The van der Waals surface area contributed by atoms with Crippen molar-refractivity contribution in [2.45, 2.75) is 38.6 Å². The summed E-state index contributed by atoms with van der Waals surface area (Å²) in [7, 11) is 4.04. The third-order valence-corrected chi connectivity index (χ3v) is 4.46. The molecule has 0 aliphatic heterocycles. The molecular weight excluding hydrogens is 262 g/mol. The summed E-state index contributed by atoms with van der Waals surface area (Å²) in [5, 5.41) is 6.12. The number of likely N-dealkylation sites (N-methyl/N-ethyl adjacent to an activating group) is 1. The van der Waals surface area contributed by atoms with E-state index >= 15 is 0 Å². The summed E-state index contributed by atoms with van der Waals surface area (Å²) < 4.78 is 0. The van der Waals surface area contributed by atoms with E-state index in [9.17, 15) is 4.79 Å². The predicted molar refractivity (Wildman–Crippen MR) is 87.9 cm³/mol. The molecule has 116 valence electrons. The molecule has 0 aromatic heterocycles. The standard InChI is InChI=1S/C17H27N3O/c1-13-12-14(18-2)8-9-16(13)17(21)19-10-11-20(3)15-6-4-5-7-15/h8-9,12,15,18H,4-7,10-11H2,1-3H3,(H,19,21). The molecule has 2 rings (SSSR count). The van der Waals surface area contributed by atoms with E-state index in [2.05, 4.69) is 22.6 Å². The molecule has 0 spiro atoms. The molecule has 1 aromatic rings. The van der Waals surface area contributed by atoms with Crippen molar-refractivity contribution in [2.24, 2.45) is 0 Å². The van der Waals surface area contributed by atoms with Gasteiger partial charge in [0.25, 0.3) is 5.91 Å². The molecule has 0 atom stereocenters. The van der Waals surface area contributed by atoms with Crippen LogP contribution >= 0.6 is 0 Å². The van der Waals surface area contributed by atoms with Crippen LogP contribution in [0.25, 0.3) is 0 Å². The van der Waals surface area contributed by atoms with Crippen LogP contribution in [-0.4, -0.2) is 44.0 Å². The van der Waals surface area contributed by atoms with Gasteiger partial charge in [-0.1, -0.05) is 12.8 Å². The molecule has 1 saturated carbocycles. The summed E-state index contributed by atoms with van der Waals surface area (Å²) in [4.78, 5) is 14.6. The molecule has 1 aliphatic rings. The van der Waals surface area contributed by atoms with Gasteiger partial charge in [0.15, 0.2) is 0 Å². The van der Waals surface area contributed by atoms with E-state index < -0.39 is 0 Å². The zero-order valence-electron chi connectivity index (χ0n) is 13.4. The van der Waals surface area contributed by atoms with Gasteiger partial charge < -0.3 is 15.5 Å². The van der Waals surface area contributed by atoms with Gasteiger partial charge in [-0.3, -0.25) is 4.79 Å². The summed E-state index contributed by atoms with van der Waals surface area (Å²) in [5.41, 5.74) is 2.80. The lowest BCUT2D eigenvalue weighted by atomic mass is 10.1. The van der Waals surface area contributed by atoms with Crippen LogP contribution in [0.2, 0.25) is 0 Å². The number of carbonyl (C=O) groups excluding carboxylic acids is 1. The molecule has 4 heteroatoms. The van der Waals surface area contributed by atoms with Crippen molar-refractivity contribution in [3.8, 4) is 0 Å². The van der Waals surface area contributed by atoms with E-state index in [-0.39, 0.29) is 5.91 Å². The Balaban J connectivity index is 1.81. The SMILES string of the molecule is CNc1ccc(C(=O)NCCN(C)C2CCCC2)c(C)c1. The zero-order valence-corrected chi connectivity index (χ0v) is 13.4. The van der Waals surface area contributed by atoms with Gasteiger partial charge in [-0.05, 0) is 50.6 Å². The molecule has 1 amide bonds. The summed E-state index contributed by atoms with van der Waals surface area (Å²) in [6.45, 7) is 3.60. The average molecular weight is 289 g/mol. The Kier molecular flexibility index (Phi) is 5.62. The van der Waals surface area contributed by atoms with Crippen molar-refractivity contribution < 1.29 is 4.79 Å². The minimum absolute atomic E-state index is 0.0231. The van der Waals surface area contributed by atoms with Gasteiger partial charge in [0.2, 0.25) is 0 Å². The molecule has 4 nitrogen and oxygen atoms in total. The Hall–Kier alpha value is -1.55. The van der Waals surface area contributed by atoms with Crippen molar-refractivity contribution in [1.29, 1.82) is 0 Å². The molecule has 0 radical (unpaired) electrons. The highest BCUT2D eigenvalue weighted by atomic mass is 16.1. The second kappa shape index (κ2) is 7.46. The second-order valence-electron chi connectivity index (χ2n) is 5.95. The van der Waals surface area contributed by atoms with Crippen LogP contribution in [0, 0.1) is 6.92 Å².